The summed E-state index contributed by atoms with van der Waals surface area (Å²) in [5, 5.41) is 4.52. The Morgan fingerprint density at radius 1 is 1.06 bits per heavy atom. The van der Waals surface area contributed by atoms with Crippen LogP contribution in [-0.4, -0.2) is 49.0 Å². The normalized spacial score (nSPS) is 22.2. The predicted molar refractivity (Wildman–Crippen MR) is 130 cm³/mol. The molecule has 186 valence electrons. The van der Waals surface area contributed by atoms with Gasteiger partial charge in [-0.05, 0) is 44.2 Å². The van der Waals surface area contributed by atoms with E-state index in [1.165, 1.54) is 25.0 Å². The molecule has 0 spiro atoms. The highest BCUT2D eigenvalue weighted by molar-refractivity contribution is 5.89. The third-order valence-electron chi connectivity index (χ3n) is 7.61. The van der Waals surface area contributed by atoms with E-state index < -0.39 is 11.6 Å². The zero-order valence-corrected chi connectivity index (χ0v) is 20.1. The van der Waals surface area contributed by atoms with Crippen LogP contribution in [0.1, 0.15) is 61.6 Å². The molecule has 0 unspecified atom stereocenters. The van der Waals surface area contributed by atoms with Crippen LogP contribution in [0, 0.1) is 11.6 Å². The number of rotatable bonds is 5. The van der Waals surface area contributed by atoms with Gasteiger partial charge >= 0.3 is 0 Å². The zero-order valence-electron chi connectivity index (χ0n) is 20.1. The Labute approximate surface area is 206 Å². The summed E-state index contributed by atoms with van der Waals surface area (Å²) in [5.41, 5.74) is 2.94. The average Bonchev–Trinajstić information content (AvgIpc) is 3.48. The smallest absolute Gasteiger partial charge is 0.207 e. The molecule has 5 heterocycles. The van der Waals surface area contributed by atoms with Gasteiger partial charge in [-0.15, -0.1) is 0 Å². The van der Waals surface area contributed by atoms with Crippen LogP contribution in [0.5, 0.6) is 0 Å². The van der Waals surface area contributed by atoms with Gasteiger partial charge in [0.05, 0.1) is 18.3 Å². The first-order valence-corrected chi connectivity index (χ1v) is 12.7. The van der Waals surface area contributed by atoms with Gasteiger partial charge in [0.25, 0.3) is 0 Å². The lowest BCUT2D eigenvalue weighted by molar-refractivity contribution is 0.00396. The molecule has 2 atom stereocenters. The highest BCUT2D eigenvalue weighted by Gasteiger charge is 2.32. The summed E-state index contributed by atoms with van der Waals surface area (Å²) in [7, 11) is 1.90. The number of imidazole rings is 1. The van der Waals surface area contributed by atoms with Crippen molar-refractivity contribution < 1.29 is 13.5 Å². The van der Waals surface area contributed by atoms with E-state index in [4.69, 9.17) is 19.7 Å². The fraction of sp³-hybridized carbons (Fsp3) is 0.462. The lowest BCUT2D eigenvalue weighted by Gasteiger charge is -2.31. The molecule has 2 aliphatic heterocycles. The molecule has 1 aromatic carbocycles. The number of hydrogen-bond donors (Lipinski definition) is 0. The second-order valence-corrected chi connectivity index (χ2v) is 10.1. The van der Waals surface area contributed by atoms with E-state index in [9.17, 15) is 8.78 Å². The van der Waals surface area contributed by atoms with Gasteiger partial charge in [-0.25, -0.2) is 18.7 Å². The maximum atomic E-state index is 15.0. The lowest BCUT2D eigenvalue weighted by atomic mass is 9.92. The molecule has 0 radical (unpaired) electrons. The fourth-order valence-corrected chi connectivity index (χ4v) is 5.29. The summed E-state index contributed by atoms with van der Waals surface area (Å²) < 4.78 is 38.8. The molecule has 3 aliphatic rings. The van der Waals surface area contributed by atoms with E-state index in [1.807, 2.05) is 22.5 Å². The zero-order chi connectivity index (χ0) is 24.4. The van der Waals surface area contributed by atoms with Gasteiger partial charge in [0.2, 0.25) is 5.95 Å². The summed E-state index contributed by atoms with van der Waals surface area (Å²) >= 11 is 0. The number of halogens is 2. The van der Waals surface area contributed by atoms with Crippen molar-refractivity contribution >= 4 is 17.1 Å². The predicted octanol–water partition coefficient (Wildman–Crippen LogP) is 4.69. The summed E-state index contributed by atoms with van der Waals surface area (Å²) in [6.45, 7) is 2.43. The van der Waals surface area contributed by atoms with Crippen LogP contribution < -0.4 is 4.90 Å². The molecule has 36 heavy (non-hydrogen) atoms. The highest BCUT2D eigenvalue weighted by Crippen LogP contribution is 2.40. The minimum Gasteiger partial charge on any atom is -0.373 e. The van der Waals surface area contributed by atoms with E-state index in [-0.39, 0.29) is 17.6 Å². The van der Waals surface area contributed by atoms with Crippen molar-refractivity contribution in [2.75, 3.05) is 24.6 Å². The van der Waals surface area contributed by atoms with Crippen LogP contribution >= 0.6 is 0 Å². The van der Waals surface area contributed by atoms with Gasteiger partial charge in [0.15, 0.2) is 5.65 Å². The maximum absolute atomic E-state index is 15.0. The molecule has 0 amide bonds. The largest absolute Gasteiger partial charge is 0.373 e. The van der Waals surface area contributed by atoms with Crippen LogP contribution in [0.4, 0.5) is 14.7 Å². The van der Waals surface area contributed by atoms with Gasteiger partial charge in [-0.1, -0.05) is 0 Å². The molecule has 2 saturated heterocycles. The minimum absolute atomic E-state index is 0.0224. The van der Waals surface area contributed by atoms with Crippen LogP contribution in [-0.2, 0) is 11.8 Å². The van der Waals surface area contributed by atoms with Gasteiger partial charge in [0.1, 0.15) is 28.7 Å². The van der Waals surface area contributed by atoms with E-state index >= 15 is 0 Å². The van der Waals surface area contributed by atoms with Crippen molar-refractivity contribution in [1.29, 1.82) is 0 Å². The maximum Gasteiger partial charge on any atom is 0.207 e. The van der Waals surface area contributed by atoms with E-state index in [0.29, 0.717) is 41.8 Å². The number of aryl methyl sites for hydroxylation is 1. The number of hydrogen-bond acceptors (Lipinski definition) is 6. The van der Waals surface area contributed by atoms with Crippen LogP contribution in [0.3, 0.4) is 0 Å². The standard InChI is InChI=1S/C26H27F2N7O/c1-33-23-22(19-6-3-17(27)12-20(19)28)30-24(31-25(23)32-26(33)34-8-2-9-34)15-7-10-36-21(11-15)16-13-29-35(14-16)18-4-5-18/h3,6,12-15,18,21H,2,4-5,7-11H2,1H3/t15-,21-/m1/s1. The summed E-state index contributed by atoms with van der Waals surface area (Å²) in [4.78, 5) is 16.8. The quantitative estimate of drug-likeness (QED) is 0.404. The van der Waals surface area contributed by atoms with E-state index in [0.717, 1.165) is 43.5 Å². The average molecular weight is 492 g/mol. The Morgan fingerprint density at radius 2 is 1.92 bits per heavy atom. The molecule has 1 aliphatic carbocycles. The van der Waals surface area contributed by atoms with Crippen molar-refractivity contribution in [1.82, 2.24) is 29.3 Å². The molecule has 0 N–H and O–H groups in total. The van der Waals surface area contributed by atoms with Crippen molar-refractivity contribution in [3.05, 3.63) is 53.6 Å². The Kier molecular flexibility index (Phi) is 5.06. The lowest BCUT2D eigenvalue weighted by Crippen LogP contribution is -2.38. The first kappa shape index (κ1) is 21.8. The molecular weight excluding hydrogens is 464 g/mol. The number of nitrogens with zero attached hydrogens (tertiary/aromatic N) is 7. The monoisotopic (exact) mass is 491 g/mol. The molecule has 8 nitrogen and oxygen atoms in total. The second kappa shape index (κ2) is 8.33. The molecule has 4 aromatic rings. The van der Waals surface area contributed by atoms with Crippen molar-refractivity contribution in [2.24, 2.45) is 7.05 Å². The minimum atomic E-state index is -0.648. The molecular formula is C26H27F2N7O. The molecule has 1 saturated carbocycles. The van der Waals surface area contributed by atoms with Crippen LogP contribution in [0.2, 0.25) is 0 Å². The Hall–Kier alpha value is -3.40. The summed E-state index contributed by atoms with van der Waals surface area (Å²) in [6.07, 6.45) is 8.82. The van der Waals surface area contributed by atoms with Gasteiger partial charge in [-0.3, -0.25) is 4.68 Å². The highest BCUT2D eigenvalue weighted by atomic mass is 19.1. The van der Waals surface area contributed by atoms with Crippen molar-refractivity contribution in [3.8, 4) is 11.3 Å². The summed E-state index contributed by atoms with van der Waals surface area (Å²) in [5.74, 6) is 0.174. The number of anilines is 1. The second-order valence-electron chi connectivity index (χ2n) is 10.1. The SMILES string of the molecule is Cn1c(N2CCC2)nc2nc([C@@H]3CCO[C@@H](c4cnn(C5CC5)c4)C3)nc(-c3ccc(F)cc3F)c21. The topological polar surface area (TPSA) is 73.9 Å². The number of fused-ring (bicyclic) bond motifs is 1. The summed E-state index contributed by atoms with van der Waals surface area (Å²) in [6, 6.07) is 4.13. The third kappa shape index (κ3) is 3.66. The molecule has 0 bridgehead atoms. The molecule has 7 rings (SSSR count). The first-order chi connectivity index (χ1) is 17.5. The fourth-order valence-electron chi connectivity index (χ4n) is 5.29. The molecule has 10 heteroatoms. The van der Waals surface area contributed by atoms with Crippen LogP contribution in [0.25, 0.3) is 22.4 Å². The third-order valence-corrected chi connectivity index (χ3v) is 7.61. The Balaban J connectivity index is 1.30. The van der Waals surface area contributed by atoms with E-state index in [2.05, 4.69) is 16.2 Å². The van der Waals surface area contributed by atoms with Crippen molar-refractivity contribution in [2.45, 2.75) is 50.2 Å². The van der Waals surface area contributed by atoms with Crippen molar-refractivity contribution in [3.63, 3.8) is 0 Å². The van der Waals surface area contributed by atoms with Gasteiger partial charge in [0, 0.05) is 56.1 Å². The van der Waals surface area contributed by atoms with Crippen LogP contribution in [0.15, 0.2) is 30.6 Å². The van der Waals surface area contributed by atoms with E-state index in [1.54, 1.807) is 0 Å². The number of ether oxygens (including phenoxy) is 1. The Bertz CT molecular complexity index is 1460. The molecule has 3 aromatic heterocycles. The molecule has 3 fully saturated rings. The Morgan fingerprint density at radius 3 is 2.67 bits per heavy atom. The van der Waals surface area contributed by atoms with Gasteiger partial charge < -0.3 is 14.2 Å². The first-order valence-electron chi connectivity index (χ1n) is 12.7. The van der Waals surface area contributed by atoms with Gasteiger partial charge in [-0.2, -0.15) is 10.1 Å². The number of benzene rings is 1. The number of aromatic nitrogens is 6.